The highest BCUT2D eigenvalue weighted by Crippen LogP contribution is 2.33. The summed E-state index contributed by atoms with van der Waals surface area (Å²) in [5.74, 6) is -6.78. The third-order valence-electron chi connectivity index (χ3n) is 6.48. The van der Waals surface area contributed by atoms with Crippen molar-refractivity contribution >= 4 is 35.0 Å². The van der Waals surface area contributed by atoms with E-state index in [1.54, 1.807) is 54.6 Å². The van der Waals surface area contributed by atoms with Gasteiger partial charge in [-0.15, -0.1) is 0 Å². The Morgan fingerprint density at radius 1 is 1.12 bits per heavy atom. The van der Waals surface area contributed by atoms with E-state index in [1.807, 2.05) is 0 Å². The molecule has 2 aromatic carbocycles. The third-order valence-corrected chi connectivity index (χ3v) is 6.85. The van der Waals surface area contributed by atoms with E-state index in [0.29, 0.717) is 21.0 Å². The number of hydrogen-bond donors (Lipinski definition) is 5. The molecule has 214 valence electrons. The van der Waals surface area contributed by atoms with Crippen LogP contribution in [-0.4, -0.2) is 69.2 Å². The van der Waals surface area contributed by atoms with Crippen molar-refractivity contribution in [3.63, 3.8) is 0 Å². The van der Waals surface area contributed by atoms with Crippen LogP contribution in [0.3, 0.4) is 0 Å². The zero-order valence-corrected chi connectivity index (χ0v) is 22.7. The van der Waals surface area contributed by atoms with Gasteiger partial charge in [-0.1, -0.05) is 60.1 Å². The Morgan fingerprint density at radius 3 is 2.35 bits per heavy atom. The minimum atomic E-state index is -3.39. The number of alkyl halides is 2. The van der Waals surface area contributed by atoms with E-state index in [1.165, 1.54) is 13.8 Å². The molecule has 0 radical (unpaired) electrons. The van der Waals surface area contributed by atoms with Crippen molar-refractivity contribution in [2.45, 2.75) is 57.3 Å². The van der Waals surface area contributed by atoms with Gasteiger partial charge in [0, 0.05) is 23.7 Å². The second-order valence-electron chi connectivity index (χ2n) is 9.65. The van der Waals surface area contributed by atoms with E-state index < -0.39 is 60.6 Å². The fourth-order valence-electron chi connectivity index (χ4n) is 4.52. The second kappa shape index (κ2) is 13.0. The SMILES string of the molecule is CC(=N)/C(C(=O)N[C@@H](Cc1ccccc1)[C@H](O)C(=O)N1CC(F)(F)C[C@H]1C(=O)NCc1ccccc1Cl)=C(/C)O. The van der Waals surface area contributed by atoms with Crippen LogP contribution < -0.4 is 10.6 Å². The topological polar surface area (TPSA) is 143 Å². The van der Waals surface area contributed by atoms with Gasteiger partial charge >= 0.3 is 0 Å². The Balaban J connectivity index is 1.84. The van der Waals surface area contributed by atoms with Gasteiger partial charge in [0.2, 0.25) is 5.91 Å². The molecule has 1 fully saturated rings. The molecule has 0 spiro atoms. The van der Waals surface area contributed by atoms with E-state index in [-0.39, 0.29) is 24.3 Å². The normalized spacial score (nSPS) is 18.4. The number of aliphatic hydroxyl groups excluding tert-OH is 2. The smallest absolute Gasteiger partial charge is 0.267 e. The van der Waals surface area contributed by atoms with Crippen LogP contribution in [0.2, 0.25) is 5.02 Å². The number of allylic oxidation sites excluding steroid dienone is 1. The molecular weight excluding hydrogens is 546 g/mol. The number of aliphatic hydroxyl groups is 2. The van der Waals surface area contributed by atoms with Crippen LogP contribution in [0.4, 0.5) is 8.78 Å². The molecule has 9 nitrogen and oxygen atoms in total. The molecule has 1 saturated heterocycles. The summed E-state index contributed by atoms with van der Waals surface area (Å²) in [5, 5.41) is 34.1. The Morgan fingerprint density at radius 2 is 1.75 bits per heavy atom. The summed E-state index contributed by atoms with van der Waals surface area (Å²) < 4.78 is 29.0. The van der Waals surface area contributed by atoms with E-state index in [4.69, 9.17) is 17.0 Å². The van der Waals surface area contributed by atoms with Gasteiger partial charge in [0.15, 0.2) is 6.10 Å². The first-order valence-corrected chi connectivity index (χ1v) is 12.9. The fraction of sp³-hybridized carbons (Fsp3) is 0.357. The Bertz CT molecular complexity index is 1300. The second-order valence-corrected chi connectivity index (χ2v) is 10.1. The van der Waals surface area contributed by atoms with Crippen LogP contribution in [-0.2, 0) is 27.3 Å². The van der Waals surface area contributed by atoms with Crippen LogP contribution in [0.5, 0.6) is 0 Å². The molecule has 0 aromatic heterocycles. The molecular formula is C28H31ClF2N4O5. The highest BCUT2D eigenvalue weighted by Gasteiger charge is 2.51. The van der Waals surface area contributed by atoms with E-state index >= 15 is 0 Å². The zero-order chi connectivity index (χ0) is 29.6. The maximum absolute atomic E-state index is 14.5. The highest BCUT2D eigenvalue weighted by atomic mass is 35.5. The van der Waals surface area contributed by atoms with Gasteiger partial charge in [0.25, 0.3) is 17.7 Å². The van der Waals surface area contributed by atoms with Gasteiger partial charge in [-0.2, -0.15) is 0 Å². The number of nitrogens with zero attached hydrogens (tertiary/aromatic N) is 1. The minimum Gasteiger partial charge on any atom is -0.512 e. The molecule has 1 heterocycles. The van der Waals surface area contributed by atoms with E-state index in [9.17, 15) is 33.4 Å². The molecule has 0 bridgehead atoms. The van der Waals surface area contributed by atoms with Crippen molar-refractivity contribution < 1.29 is 33.4 Å². The molecule has 0 unspecified atom stereocenters. The number of benzene rings is 2. The number of amides is 3. The maximum atomic E-state index is 14.5. The van der Waals surface area contributed by atoms with E-state index in [0.717, 1.165) is 0 Å². The summed E-state index contributed by atoms with van der Waals surface area (Å²) in [6, 6.07) is 12.3. The summed E-state index contributed by atoms with van der Waals surface area (Å²) in [4.78, 5) is 39.9. The molecule has 12 heteroatoms. The number of hydrogen-bond acceptors (Lipinski definition) is 6. The third kappa shape index (κ3) is 7.64. The first-order chi connectivity index (χ1) is 18.8. The van der Waals surface area contributed by atoms with Crippen LogP contribution in [0.25, 0.3) is 0 Å². The molecule has 3 rings (SSSR count). The van der Waals surface area contributed by atoms with Gasteiger partial charge in [0.05, 0.1) is 18.2 Å². The van der Waals surface area contributed by atoms with Crippen LogP contribution in [0.15, 0.2) is 65.9 Å². The van der Waals surface area contributed by atoms with Gasteiger partial charge in [-0.05, 0) is 37.5 Å². The number of carbonyl (C=O) groups is 3. The summed E-state index contributed by atoms with van der Waals surface area (Å²) >= 11 is 6.10. The predicted molar refractivity (Wildman–Crippen MR) is 145 cm³/mol. The molecule has 1 aliphatic heterocycles. The van der Waals surface area contributed by atoms with Gasteiger partial charge < -0.3 is 31.2 Å². The number of rotatable bonds is 10. The fourth-order valence-corrected chi connectivity index (χ4v) is 4.73. The Labute approximate surface area is 235 Å². The van der Waals surface area contributed by atoms with Gasteiger partial charge in [-0.25, -0.2) is 8.78 Å². The molecule has 40 heavy (non-hydrogen) atoms. The minimum absolute atomic E-state index is 0.0591. The lowest BCUT2D eigenvalue weighted by Crippen LogP contribution is -2.56. The lowest BCUT2D eigenvalue weighted by Gasteiger charge is -2.30. The average molecular weight is 577 g/mol. The Kier molecular flexibility index (Phi) is 9.99. The molecule has 3 atom stereocenters. The molecule has 2 aromatic rings. The van der Waals surface area contributed by atoms with Crippen molar-refractivity contribution in [1.82, 2.24) is 15.5 Å². The highest BCUT2D eigenvalue weighted by molar-refractivity contribution is 6.31. The summed E-state index contributed by atoms with van der Waals surface area (Å²) in [7, 11) is 0. The van der Waals surface area contributed by atoms with Crippen molar-refractivity contribution in [3.8, 4) is 0 Å². The van der Waals surface area contributed by atoms with E-state index in [2.05, 4.69) is 10.6 Å². The summed E-state index contributed by atoms with van der Waals surface area (Å²) in [5.41, 5.74) is 0.544. The van der Waals surface area contributed by atoms with Crippen molar-refractivity contribution in [1.29, 1.82) is 5.41 Å². The molecule has 3 amide bonds. The predicted octanol–water partition coefficient (Wildman–Crippen LogP) is 3.15. The lowest BCUT2D eigenvalue weighted by atomic mass is 9.98. The first-order valence-electron chi connectivity index (χ1n) is 12.5. The van der Waals surface area contributed by atoms with Crippen molar-refractivity contribution in [2.24, 2.45) is 0 Å². The molecule has 0 aliphatic carbocycles. The quantitative estimate of drug-likeness (QED) is 0.168. The standard InChI is InChI=1S/C28H31ClF2N4O5/c1-16(32)23(17(2)36)26(39)34-21(12-18-8-4-3-5-9-18)24(37)27(40)35-15-28(30,31)13-22(35)25(38)33-14-19-10-6-7-11-20(19)29/h3-11,21-22,24,32,36-37H,12-15H2,1-2H3,(H,33,38)(H,34,39)/b23-17+,32-16?/t21-,22-,24-/m0/s1. The average Bonchev–Trinajstić information content (AvgIpc) is 3.22. The number of carbonyl (C=O) groups excluding carboxylic acids is 3. The number of nitrogens with one attached hydrogen (secondary N) is 3. The van der Waals surface area contributed by atoms with Crippen molar-refractivity contribution in [3.05, 3.63) is 82.1 Å². The van der Waals surface area contributed by atoms with Gasteiger partial charge in [-0.3, -0.25) is 14.4 Å². The largest absolute Gasteiger partial charge is 0.512 e. The van der Waals surface area contributed by atoms with Crippen LogP contribution in [0, 0.1) is 5.41 Å². The molecule has 1 aliphatic rings. The number of likely N-dealkylation sites (tertiary alicyclic amines) is 1. The monoisotopic (exact) mass is 576 g/mol. The van der Waals surface area contributed by atoms with Crippen LogP contribution >= 0.6 is 11.6 Å². The van der Waals surface area contributed by atoms with Crippen molar-refractivity contribution in [2.75, 3.05) is 6.54 Å². The zero-order valence-electron chi connectivity index (χ0n) is 22.0. The summed E-state index contributed by atoms with van der Waals surface area (Å²) in [6.45, 7) is 1.33. The van der Waals surface area contributed by atoms with Crippen LogP contribution in [0.1, 0.15) is 31.4 Å². The molecule has 5 N–H and O–H groups in total. The van der Waals surface area contributed by atoms with Gasteiger partial charge in [0.1, 0.15) is 11.8 Å². The first kappa shape index (κ1) is 30.7. The Hall–Kier alpha value is -3.83. The lowest BCUT2D eigenvalue weighted by molar-refractivity contribution is -0.147. The summed E-state index contributed by atoms with van der Waals surface area (Å²) in [6.07, 6.45) is -3.05. The maximum Gasteiger partial charge on any atom is 0.267 e. The number of halogens is 3. The molecule has 0 saturated carbocycles.